The van der Waals surface area contributed by atoms with Crippen molar-refractivity contribution in [3.63, 3.8) is 0 Å². The Morgan fingerprint density at radius 2 is 2.19 bits per heavy atom. The minimum atomic E-state index is -0.519. The van der Waals surface area contributed by atoms with Gasteiger partial charge in [-0.05, 0) is 24.6 Å². The van der Waals surface area contributed by atoms with E-state index in [2.05, 4.69) is 22.5 Å². The van der Waals surface area contributed by atoms with Crippen molar-refractivity contribution in [1.82, 2.24) is 0 Å². The fourth-order valence-electron chi connectivity index (χ4n) is 1.22. The van der Waals surface area contributed by atoms with Crippen molar-refractivity contribution in [2.45, 2.75) is 13.0 Å². The Bertz CT molecular complexity index is 375. The average molecular weight is 287 g/mol. The van der Waals surface area contributed by atoms with Crippen LogP contribution in [0.5, 0.6) is 11.5 Å². The Morgan fingerprint density at radius 3 is 2.69 bits per heavy atom. The predicted molar refractivity (Wildman–Crippen MR) is 67.2 cm³/mol. The Hall–Kier alpha value is -1.00. The molecule has 0 saturated heterocycles. The smallest absolute Gasteiger partial charge is 0.161 e. The first-order valence-corrected chi connectivity index (χ1v) is 5.66. The van der Waals surface area contributed by atoms with Gasteiger partial charge in [0, 0.05) is 4.48 Å². The number of aliphatic hydroxyl groups excluding tert-OH is 1. The molecule has 1 aromatic rings. The molecule has 0 amide bonds. The third kappa shape index (κ3) is 3.54. The van der Waals surface area contributed by atoms with E-state index in [0.717, 1.165) is 10.0 Å². The first-order valence-electron chi connectivity index (χ1n) is 4.86. The quantitative estimate of drug-likeness (QED) is 0.904. The molecule has 1 rings (SSSR count). The van der Waals surface area contributed by atoms with Crippen LogP contribution in [-0.2, 0) is 0 Å². The maximum Gasteiger partial charge on any atom is 0.161 e. The van der Waals surface area contributed by atoms with Crippen LogP contribution in [0.25, 0.3) is 0 Å². The van der Waals surface area contributed by atoms with Crippen molar-refractivity contribution < 1.29 is 14.6 Å². The maximum absolute atomic E-state index is 9.43. The summed E-state index contributed by atoms with van der Waals surface area (Å²) in [5.41, 5.74) is 0.793. The molecule has 0 radical (unpaired) electrons. The van der Waals surface area contributed by atoms with Crippen LogP contribution in [0.15, 0.2) is 29.3 Å². The van der Waals surface area contributed by atoms with Crippen LogP contribution in [0.1, 0.15) is 18.6 Å². The molecule has 16 heavy (non-hydrogen) atoms. The van der Waals surface area contributed by atoms with Gasteiger partial charge in [-0.1, -0.05) is 28.6 Å². The van der Waals surface area contributed by atoms with E-state index in [9.17, 15) is 5.11 Å². The Morgan fingerprint density at radius 1 is 1.50 bits per heavy atom. The van der Waals surface area contributed by atoms with Gasteiger partial charge in [-0.25, -0.2) is 0 Å². The second-order valence-corrected chi connectivity index (χ2v) is 4.51. The molecule has 0 aliphatic heterocycles. The molecule has 0 bridgehead atoms. The van der Waals surface area contributed by atoms with Crippen molar-refractivity contribution >= 4 is 15.9 Å². The highest BCUT2D eigenvalue weighted by molar-refractivity contribution is 9.11. The molecule has 3 nitrogen and oxygen atoms in total. The first kappa shape index (κ1) is 13.1. The van der Waals surface area contributed by atoms with Crippen LogP contribution in [-0.4, -0.2) is 18.8 Å². The topological polar surface area (TPSA) is 38.7 Å². The fourth-order valence-corrected chi connectivity index (χ4v) is 1.33. The predicted octanol–water partition coefficient (Wildman–Crippen LogP) is 3.04. The summed E-state index contributed by atoms with van der Waals surface area (Å²) < 4.78 is 11.4. The third-order valence-corrected chi connectivity index (χ3v) is 2.28. The Labute approximate surface area is 104 Å². The van der Waals surface area contributed by atoms with E-state index in [1.165, 1.54) is 0 Å². The molecular weight excluding hydrogens is 272 g/mol. The molecule has 0 heterocycles. The Kier molecular flexibility index (Phi) is 4.83. The zero-order valence-electron chi connectivity index (χ0n) is 9.37. The molecule has 1 aromatic carbocycles. The summed E-state index contributed by atoms with van der Waals surface area (Å²) in [7, 11) is 1.57. The number of hydrogen-bond donors (Lipinski definition) is 1. The number of aliphatic hydroxyl groups is 1. The SMILES string of the molecule is C=C(Br)COc1ccc([C@@H](C)O)cc1OC. The Balaban J connectivity index is 2.88. The van der Waals surface area contributed by atoms with Gasteiger partial charge in [0.05, 0.1) is 13.2 Å². The second kappa shape index (κ2) is 5.92. The highest BCUT2D eigenvalue weighted by atomic mass is 79.9. The lowest BCUT2D eigenvalue weighted by Gasteiger charge is -2.12. The molecule has 1 atom stereocenters. The average Bonchev–Trinajstić information content (AvgIpc) is 2.25. The summed E-state index contributed by atoms with van der Waals surface area (Å²) >= 11 is 3.22. The van der Waals surface area contributed by atoms with E-state index in [-0.39, 0.29) is 0 Å². The van der Waals surface area contributed by atoms with Gasteiger partial charge in [0.15, 0.2) is 11.5 Å². The van der Waals surface area contributed by atoms with Crippen LogP contribution in [0, 0.1) is 0 Å². The third-order valence-electron chi connectivity index (χ3n) is 2.05. The number of rotatable bonds is 5. The normalized spacial score (nSPS) is 12.0. The molecule has 0 aliphatic rings. The lowest BCUT2D eigenvalue weighted by Crippen LogP contribution is -2.00. The van der Waals surface area contributed by atoms with E-state index in [4.69, 9.17) is 9.47 Å². The molecule has 0 aromatic heterocycles. The summed E-state index contributed by atoms with van der Waals surface area (Å²) in [6, 6.07) is 5.34. The van der Waals surface area contributed by atoms with Gasteiger partial charge in [0.1, 0.15) is 6.61 Å². The second-order valence-electron chi connectivity index (χ2n) is 3.39. The number of benzene rings is 1. The van der Waals surface area contributed by atoms with Gasteiger partial charge >= 0.3 is 0 Å². The summed E-state index contributed by atoms with van der Waals surface area (Å²) in [6.45, 7) is 5.77. The van der Waals surface area contributed by atoms with Crippen LogP contribution in [0.4, 0.5) is 0 Å². The van der Waals surface area contributed by atoms with Crippen molar-refractivity contribution in [2.75, 3.05) is 13.7 Å². The highest BCUT2D eigenvalue weighted by Gasteiger charge is 2.08. The zero-order valence-corrected chi connectivity index (χ0v) is 11.0. The van der Waals surface area contributed by atoms with Gasteiger partial charge in [-0.2, -0.15) is 0 Å². The molecule has 0 spiro atoms. The van der Waals surface area contributed by atoms with Crippen LogP contribution < -0.4 is 9.47 Å². The molecule has 0 fully saturated rings. The summed E-state index contributed by atoms with van der Waals surface area (Å²) in [5.74, 6) is 1.24. The van der Waals surface area contributed by atoms with E-state index in [0.29, 0.717) is 18.1 Å². The molecular formula is C12H15BrO3. The van der Waals surface area contributed by atoms with Crippen molar-refractivity contribution in [3.05, 3.63) is 34.8 Å². The van der Waals surface area contributed by atoms with Gasteiger partial charge in [0.2, 0.25) is 0 Å². The van der Waals surface area contributed by atoms with E-state index >= 15 is 0 Å². The van der Waals surface area contributed by atoms with E-state index < -0.39 is 6.10 Å². The van der Waals surface area contributed by atoms with Crippen LogP contribution in [0.3, 0.4) is 0 Å². The first-order chi connectivity index (χ1) is 7.54. The highest BCUT2D eigenvalue weighted by Crippen LogP contribution is 2.30. The summed E-state index contributed by atoms with van der Waals surface area (Å²) in [6.07, 6.45) is -0.519. The van der Waals surface area contributed by atoms with E-state index in [1.54, 1.807) is 32.2 Å². The minimum Gasteiger partial charge on any atom is -0.493 e. The number of ether oxygens (including phenoxy) is 2. The standard InChI is InChI=1S/C12H15BrO3/c1-8(13)7-16-11-5-4-10(9(2)14)6-12(11)15-3/h4-6,9,14H,1,7H2,2-3H3/t9-/m1/s1. The monoisotopic (exact) mass is 286 g/mol. The van der Waals surface area contributed by atoms with Crippen LogP contribution in [0.2, 0.25) is 0 Å². The number of hydrogen-bond acceptors (Lipinski definition) is 3. The minimum absolute atomic E-state index is 0.379. The number of halogens is 1. The van der Waals surface area contributed by atoms with E-state index in [1.807, 2.05) is 0 Å². The lowest BCUT2D eigenvalue weighted by molar-refractivity contribution is 0.198. The van der Waals surface area contributed by atoms with Gasteiger partial charge in [0.25, 0.3) is 0 Å². The zero-order chi connectivity index (χ0) is 12.1. The van der Waals surface area contributed by atoms with Crippen LogP contribution >= 0.6 is 15.9 Å². The van der Waals surface area contributed by atoms with Crippen molar-refractivity contribution in [2.24, 2.45) is 0 Å². The van der Waals surface area contributed by atoms with Gasteiger partial charge in [-0.3, -0.25) is 0 Å². The fraction of sp³-hybridized carbons (Fsp3) is 0.333. The van der Waals surface area contributed by atoms with Crippen molar-refractivity contribution in [3.8, 4) is 11.5 Å². The molecule has 4 heteroatoms. The molecule has 0 unspecified atom stereocenters. The maximum atomic E-state index is 9.43. The molecule has 1 N–H and O–H groups in total. The number of methoxy groups -OCH3 is 1. The summed E-state index contributed by atoms with van der Waals surface area (Å²) in [5, 5.41) is 9.43. The van der Waals surface area contributed by atoms with Gasteiger partial charge < -0.3 is 14.6 Å². The van der Waals surface area contributed by atoms with Crippen molar-refractivity contribution in [1.29, 1.82) is 0 Å². The van der Waals surface area contributed by atoms with Gasteiger partial charge in [-0.15, -0.1) is 0 Å². The largest absolute Gasteiger partial charge is 0.493 e. The molecule has 0 saturated carbocycles. The summed E-state index contributed by atoms with van der Waals surface area (Å²) in [4.78, 5) is 0. The molecule has 0 aliphatic carbocycles. The lowest BCUT2D eigenvalue weighted by atomic mass is 10.1. The molecule has 88 valence electrons.